The molecule has 15 heteroatoms. The molecule has 4 N–H and O–H groups in total. The highest BCUT2D eigenvalue weighted by atomic mass is 19.4. The summed E-state index contributed by atoms with van der Waals surface area (Å²) < 4.78 is 44.2. The van der Waals surface area contributed by atoms with Gasteiger partial charge in [0, 0.05) is 13.1 Å². The number of rotatable bonds is 7. The SMILES string of the molecule is Cc1nc(C(=O)N[C@H](C)C(F)(F)F)nc2c1N1CCC[C@@H](C1)N2C(=O)Nc1ccc(OC[C@@H](O)CO)cn1. The van der Waals surface area contributed by atoms with E-state index in [2.05, 4.69) is 20.3 Å². The maximum Gasteiger partial charge on any atom is 0.408 e. The van der Waals surface area contributed by atoms with Crippen LogP contribution in [0.25, 0.3) is 0 Å². The molecule has 4 rings (SSSR count). The van der Waals surface area contributed by atoms with Crippen molar-refractivity contribution in [3.63, 3.8) is 0 Å². The first-order chi connectivity index (χ1) is 18.0. The Hall–Kier alpha value is -3.72. The summed E-state index contributed by atoms with van der Waals surface area (Å²) >= 11 is 0. The fourth-order valence-electron chi connectivity index (χ4n) is 4.29. The normalized spacial score (nSPS) is 18.3. The summed E-state index contributed by atoms with van der Waals surface area (Å²) in [6.45, 7) is 3.04. The fraction of sp³-hybridized carbons (Fsp3) is 0.522. The van der Waals surface area contributed by atoms with Crippen molar-refractivity contribution in [2.24, 2.45) is 0 Å². The second-order valence-corrected chi connectivity index (χ2v) is 9.11. The van der Waals surface area contributed by atoms with Gasteiger partial charge < -0.3 is 25.2 Å². The van der Waals surface area contributed by atoms with Crippen molar-refractivity contribution >= 4 is 29.3 Å². The number of urea groups is 1. The van der Waals surface area contributed by atoms with Crippen LogP contribution < -0.4 is 25.2 Å². The molecular formula is C23H28F3N7O5. The Labute approximate surface area is 215 Å². The highest BCUT2D eigenvalue weighted by Crippen LogP contribution is 2.40. The third-order valence-electron chi connectivity index (χ3n) is 6.23. The summed E-state index contributed by atoms with van der Waals surface area (Å²) in [7, 11) is 0. The van der Waals surface area contributed by atoms with E-state index in [1.165, 1.54) is 23.2 Å². The zero-order chi connectivity index (χ0) is 27.6. The lowest BCUT2D eigenvalue weighted by molar-refractivity contribution is -0.149. The van der Waals surface area contributed by atoms with Gasteiger partial charge in [-0.2, -0.15) is 13.2 Å². The lowest BCUT2D eigenvalue weighted by Gasteiger charge is -2.46. The van der Waals surface area contributed by atoms with Crippen molar-refractivity contribution in [2.75, 3.05) is 41.4 Å². The number of ether oxygens (including phenoxy) is 1. The number of aromatic nitrogens is 3. The highest BCUT2D eigenvalue weighted by Gasteiger charge is 2.41. The molecular weight excluding hydrogens is 511 g/mol. The number of amides is 3. The van der Waals surface area contributed by atoms with Crippen LogP contribution in [0.1, 0.15) is 36.1 Å². The first kappa shape index (κ1) is 27.3. The molecule has 0 unspecified atom stereocenters. The molecule has 4 heterocycles. The van der Waals surface area contributed by atoms with E-state index in [0.717, 1.165) is 13.3 Å². The number of pyridine rings is 1. The number of anilines is 3. The maximum absolute atomic E-state index is 13.4. The lowest BCUT2D eigenvalue weighted by atomic mass is 9.99. The third-order valence-corrected chi connectivity index (χ3v) is 6.23. The average molecular weight is 540 g/mol. The van der Waals surface area contributed by atoms with Crippen LogP contribution in [0.4, 0.5) is 35.3 Å². The summed E-state index contributed by atoms with van der Waals surface area (Å²) in [6, 6.07) is 0.0259. The van der Waals surface area contributed by atoms with Gasteiger partial charge in [-0.05, 0) is 38.8 Å². The number of halogens is 3. The molecule has 2 aliphatic rings. The highest BCUT2D eigenvalue weighted by molar-refractivity contribution is 6.04. The minimum Gasteiger partial charge on any atom is -0.489 e. The van der Waals surface area contributed by atoms with Gasteiger partial charge in [-0.3, -0.25) is 15.0 Å². The van der Waals surface area contributed by atoms with Crippen LogP contribution in [-0.2, 0) is 0 Å². The Bertz CT molecular complexity index is 1180. The number of alkyl halides is 3. The molecule has 12 nitrogen and oxygen atoms in total. The second-order valence-electron chi connectivity index (χ2n) is 9.11. The zero-order valence-electron chi connectivity index (χ0n) is 20.7. The molecule has 0 aliphatic carbocycles. The summed E-state index contributed by atoms with van der Waals surface area (Å²) in [5, 5.41) is 22.8. The molecule has 1 fully saturated rings. The molecule has 2 aromatic rings. The van der Waals surface area contributed by atoms with E-state index in [1.54, 1.807) is 6.92 Å². The fourth-order valence-corrected chi connectivity index (χ4v) is 4.29. The van der Waals surface area contributed by atoms with Gasteiger partial charge in [0.2, 0.25) is 5.82 Å². The van der Waals surface area contributed by atoms with Crippen LogP contribution in [0.3, 0.4) is 0 Å². The molecule has 3 atom stereocenters. The first-order valence-corrected chi connectivity index (χ1v) is 12.0. The second kappa shape index (κ2) is 10.9. The number of hydrogen-bond acceptors (Lipinski definition) is 9. The van der Waals surface area contributed by atoms with Gasteiger partial charge in [0.1, 0.15) is 36.0 Å². The summed E-state index contributed by atoms with van der Waals surface area (Å²) in [5.41, 5.74) is 0.901. The number of piperidine rings is 1. The number of carbonyl (C=O) groups excluding carboxylic acids is 2. The van der Waals surface area contributed by atoms with Gasteiger partial charge >= 0.3 is 12.2 Å². The molecule has 0 radical (unpaired) electrons. The number of aliphatic hydroxyl groups is 2. The van der Waals surface area contributed by atoms with Crippen molar-refractivity contribution in [2.45, 2.75) is 51.1 Å². The molecule has 3 amide bonds. The van der Waals surface area contributed by atoms with Crippen molar-refractivity contribution in [3.8, 4) is 5.75 Å². The molecule has 206 valence electrons. The average Bonchev–Trinajstić information content (AvgIpc) is 2.87. The summed E-state index contributed by atoms with van der Waals surface area (Å²) in [6.07, 6.45) is -2.89. The number of hydrogen-bond donors (Lipinski definition) is 4. The Balaban J connectivity index is 1.58. The predicted octanol–water partition coefficient (Wildman–Crippen LogP) is 1.61. The van der Waals surface area contributed by atoms with Crippen LogP contribution in [0.15, 0.2) is 18.3 Å². The molecule has 2 aliphatic heterocycles. The van der Waals surface area contributed by atoms with Crippen LogP contribution in [0.2, 0.25) is 0 Å². The largest absolute Gasteiger partial charge is 0.489 e. The van der Waals surface area contributed by atoms with Crippen LogP contribution in [0.5, 0.6) is 5.75 Å². The van der Waals surface area contributed by atoms with Gasteiger partial charge in [-0.1, -0.05) is 0 Å². The number of fused-ring (bicyclic) bond motifs is 4. The molecule has 1 saturated heterocycles. The zero-order valence-corrected chi connectivity index (χ0v) is 20.7. The lowest BCUT2D eigenvalue weighted by Crippen LogP contribution is -2.56. The third kappa shape index (κ3) is 5.88. The number of aliphatic hydroxyl groups excluding tert-OH is 2. The minimum absolute atomic E-state index is 0.133. The van der Waals surface area contributed by atoms with E-state index < -0.39 is 42.7 Å². The number of nitrogens with zero attached hydrogens (tertiary/aromatic N) is 5. The molecule has 0 spiro atoms. The van der Waals surface area contributed by atoms with E-state index in [9.17, 15) is 27.9 Å². The van der Waals surface area contributed by atoms with E-state index >= 15 is 0 Å². The van der Waals surface area contributed by atoms with Crippen LogP contribution in [0, 0.1) is 6.92 Å². The minimum atomic E-state index is -4.64. The van der Waals surface area contributed by atoms with Gasteiger partial charge in [0.05, 0.1) is 24.5 Å². The van der Waals surface area contributed by atoms with E-state index in [0.29, 0.717) is 36.6 Å². The number of nitrogens with one attached hydrogen (secondary N) is 2. The van der Waals surface area contributed by atoms with Crippen molar-refractivity contribution < 1.29 is 37.7 Å². The molecule has 0 saturated carbocycles. The number of aryl methyl sites for hydroxylation is 1. The molecule has 38 heavy (non-hydrogen) atoms. The van der Waals surface area contributed by atoms with Crippen molar-refractivity contribution in [1.29, 1.82) is 0 Å². The topological polar surface area (TPSA) is 153 Å². The monoisotopic (exact) mass is 539 g/mol. The Morgan fingerprint density at radius 2 is 2.05 bits per heavy atom. The summed E-state index contributed by atoms with van der Waals surface area (Å²) in [5.74, 6) is -0.938. The van der Waals surface area contributed by atoms with Gasteiger partial charge in [0.15, 0.2) is 5.82 Å². The molecule has 2 aromatic heterocycles. The summed E-state index contributed by atoms with van der Waals surface area (Å²) in [4.78, 5) is 41.9. The Morgan fingerprint density at radius 3 is 2.71 bits per heavy atom. The van der Waals surface area contributed by atoms with E-state index in [4.69, 9.17) is 9.84 Å². The quantitative estimate of drug-likeness (QED) is 0.411. The smallest absolute Gasteiger partial charge is 0.408 e. The van der Waals surface area contributed by atoms with Gasteiger partial charge in [0.25, 0.3) is 5.91 Å². The van der Waals surface area contributed by atoms with E-state index in [1.807, 2.05) is 10.2 Å². The van der Waals surface area contributed by atoms with Gasteiger partial charge in [-0.25, -0.2) is 19.7 Å². The predicted molar refractivity (Wildman–Crippen MR) is 129 cm³/mol. The standard InChI is InChI=1S/C23H28F3N7O5/c1-12-18-20(31-19(28-12)21(36)29-13(2)23(24,25)26)33(14-4-3-7-32(18)9-14)22(37)30-17-6-5-16(8-27-17)38-11-15(35)10-34/h5-6,8,13-15,34-35H,3-4,7,9-11H2,1-2H3,(H,29,36)(H,27,30,37)/t13-,14+,15+/m1/s1. The first-order valence-electron chi connectivity index (χ1n) is 12.0. The van der Waals surface area contributed by atoms with Crippen molar-refractivity contribution in [3.05, 3.63) is 29.8 Å². The Morgan fingerprint density at radius 1 is 1.29 bits per heavy atom. The van der Waals surface area contributed by atoms with E-state index in [-0.39, 0.29) is 24.3 Å². The molecule has 2 bridgehead atoms. The Kier molecular flexibility index (Phi) is 7.87. The maximum atomic E-state index is 13.4. The number of carbonyl (C=O) groups is 2. The molecule has 0 aromatic carbocycles. The van der Waals surface area contributed by atoms with Crippen molar-refractivity contribution in [1.82, 2.24) is 20.3 Å². The van der Waals surface area contributed by atoms with Crippen LogP contribution in [-0.4, -0.2) is 87.8 Å². The van der Waals surface area contributed by atoms with Gasteiger partial charge in [-0.15, -0.1) is 0 Å². The van der Waals surface area contributed by atoms with Crippen LogP contribution >= 0.6 is 0 Å².